The van der Waals surface area contributed by atoms with Crippen molar-refractivity contribution in [1.29, 1.82) is 0 Å². The van der Waals surface area contributed by atoms with Crippen LogP contribution >= 0.6 is 0 Å². The highest BCUT2D eigenvalue weighted by molar-refractivity contribution is 5.26. The van der Waals surface area contributed by atoms with Crippen LogP contribution in [0.5, 0.6) is 0 Å². The molecule has 13 heavy (non-hydrogen) atoms. The number of aryl methyl sites for hydroxylation is 1. The zero-order valence-electron chi connectivity index (χ0n) is 8.63. The van der Waals surface area contributed by atoms with Gasteiger partial charge in [0.25, 0.3) is 0 Å². The first-order valence-electron chi connectivity index (χ1n) is 4.45. The molecule has 1 unspecified atom stereocenters. The topological polar surface area (TPSA) is 3.24 Å². The number of rotatable bonds is 2. The quantitative estimate of drug-likeness (QED) is 0.678. The van der Waals surface area contributed by atoms with Crippen molar-refractivity contribution in [3.8, 4) is 0 Å². The third kappa shape index (κ3) is 2.28. The minimum absolute atomic E-state index is 0.130. The molecule has 0 aliphatic carbocycles. The van der Waals surface area contributed by atoms with E-state index >= 15 is 0 Å². The van der Waals surface area contributed by atoms with E-state index in [1.807, 2.05) is 26.2 Å². The number of hydrogen-bond acceptors (Lipinski definition) is 1. The Hall–Kier alpha value is -0.890. The van der Waals surface area contributed by atoms with Crippen molar-refractivity contribution in [1.82, 2.24) is 4.90 Å². The smallest absolute Gasteiger partial charge is 0.126 e. The molecule has 0 aliphatic rings. The summed E-state index contributed by atoms with van der Waals surface area (Å²) in [6, 6.07) is 5.61. The molecular weight excluding hydrogens is 165 g/mol. The Balaban J connectivity index is 2.97. The summed E-state index contributed by atoms with van der Waals surface area (Å²) in [4.78, 5) is 2.10. The van der Waals surface area contributed by atoms with Gasteiger partial charge in [-0.3, -0.25) is 0 Å². The van der Waals surface area contributed by atoms with Crippen LogP contribution in [0.25, 0.3) is 0 Å². The molecule has 1 aromatic carbocycles. The summed E-state index contributed by atoms with van der Waals surface area (Å²) >= 11 is 0. The minimum atomic E-state index is -0.130. The second kappa shape index (κ2) is 3.88. The zero-order valence-corrected chi connectivity index (χ0v) is 8.63. The lowest BCUT2D eigenvalue weighted by molar-refractivity contribution is 0.321. The maximum absolute atomic E-state index is 12.9. The van der Waals surface area contributed by atoms with Crippen molar-refractivity contribution < 1.29 is 4.39 Å². The fourth-order valence-electron chi connectivity index (χ4n) is 1.23. The Bertz CT molecular complexity index is 294. The Labute approximate surface area is 79.2 Å². The average molecular weight is 181 g/mol. The molecule has 0 amide bonds. The molecule has 0 saturated heterocycles. The Morgan fingerprint density at radius 2 is 1.92 bits per heavy atom. The maximum atomic E-state index is 12.9. The first-order chi connectivity index (χ1) is 6.02. The molecular formula is C11H16FN. The van der Waals surface area contributed by atoms with E-state index in [2.05, 4.69) is 11.8 Å². The van der Waals surface area contributed by atoms with Crippen molar-refractivity contribution in [2.45, 2.75) is 19.9 Å². The van der Waals surface area contributed by atoms with Crippen LogP contribution in [0.2, 0.25) is 0 Å². The van der Waals surface area contributed by atoms with E-state index in [1.165, 1.54) is 6.07 Å². The highest BCUT2D eigenvalue weighted by Gasteiger charge is 2.08. The molecule has 1 nitrogen and oxygen atoms in total. The summed E-state index contributed by atoms with van der Waals surface area (Å²) in [5.41, 5.74) is 1.87. The van der Waals surface area contributed by atoms with Crippen molar-refractivity contribution in [3.63, 3.8) is 0 Å². The number of benzene rings is 1. The monoisotopic (exact) mass is 181 g/mol. The molecule has 72 valence electrons. The Morgan fingerprint density at radius 1 is 1.31 bits per heavy atom. The van der Waals surface area contributed by atoms with E-state index in [4.69, 9.17) is 0 Å². The van der Waals surface area contributed by atoms with E-state index < -0.39 is 0 Å². The highest BCUT2D eigenvalue weighted by atomic mass is 19.1. The molecule has 0 aliphatic heterocycles. The van der Waals surface area contributed by atoms with Gasteiger partial charge in [0.05, 0.1) is 0 Å². The first-order valence-corrected chi connectivity index (χ1v) is 4.45. The van der Waals surface area contributed by atoms with E-state index in [1.54, 1.807) is 6.92 Å². The molecule has 1 aromatic rings. The van der Waals surface area contributed by atoms with Crippen LogP contribution in [-0.2, 0) is 0 Å². The molecule has 0 saturated carbocycles. The van der Waals surface area contributed by atoms with Gasteiger partial charge in [-0.25, -0.2) is 4.39 Å². The predicted molar refractivity (Wildman–Crippen MR) is 53.2 cm³/mol. The molecule has 0 bridgehead atoms. The van der Waals surface area contributed by atoms with Gasteiger partial charge in [0.2, 0.25) is 0 Å². The normalized spacial score (nSPS) is 13.4. The molecule has 1 rings (SSSR count). The molecule has 0 radical (unpaired) electrons. The summed E-state index contributed by atoms with van der Waals surface area (Å²) in [6.07, 6.45) is 0. The Morgan fingerprint density at radius 3 is 2.38 bits per heavy atom. The van der Waals surface area contributed by atoms with Gasteiger partial charge >= 0.3 is 0 Å². The lowest BCUT2D eigenvalue weighted by Crippen LogP contribution is -2.16. The van der Waals surface area contributed by atoms with Crippen LogP contribution in [0.4, 0.5) is 4.39 Å². The fourth-order valence-corrected chi connectivity index (χ4v) is 1.23. The number of nitrogens with zero attached hydrogens (tertiary/aromatic N) is 1. The standard InChI is InChI=1S/C11H16FN/c1-8-7-10(5-6-11(8)12)9(2)13(3)4/h5-7,9H,1-4H3. The second-order valence-corrected chi connectivity index (χ2v) is 3.65. The van der Waals surface area contributed by atoms with Gasteiger partial charge in [0.1, 0.15) is 5.82 Å². The van der Waals surface area contributed by atoms with Crippen LogP contribution in [0.1, 0.15) is 24.1 Å². The molecule has 0 aromatic heterocycles. The predicted octanol–water partition coefficient (Wildman–Crippen LogP) is 2.76. The maximum Gasteiger partial charge on any atom is 0.126 e. The van der Waals surface area contributed by atoms with Gasteiger partial charge in [-0.15, -0.1) is 0 Å². The van der Waals surface area contributed by atoms with Gasteiger partial charge in [0.15, 0.2) is 0 Å². The summed E-state index contributed by atoms with van der Waals surface area (Å²) in [5.74, 6) is -0.130. The minimum Gasteiger partial charge on any atom is -0.303 e. The fraction of sp³-hybridized carbons (Fsp3) is 0.455. The summed E-state index contributed by atoms with van der Waals surface area (Å²) in [6.45, 7) is 3.90. The van der Waals surface area contributed by atoms with Gasteiger partial charge in [-0.1, -0.05) is 12.1 Å². The van der Waals surface area contributed by atoms with E-state index in [0.29, 0.717) is 11.6 Å². The van der Waals surface area contributed by atoms with Gasteiger partial charge in [-0.2, -0.15) is 0 Å². The van der Waals surface area contributed by atoms with Crippen LogP contribution in [0, 0.1) is 12.7 Å². The van der Waals surface area contributed by atoms with Crippen LogP contribution in [-0.4, -0.2) is 19.0 Å². The largest absolute Gasteiger partial charge is 0.303 e. The molecule has 2 heteroatoms. The molecule has 0 heterocycles. The van der Waals surface area contributed by atoms with Crippen LogP contribution in [0.15, 0.2) is 18.2 Å². The molecule has 0 fully saturated rings. The third-order valence-electron chi connectivity index (χ3n) is 2.44. The lowest BCUT2D eigenvalue weighted by Gasteiger charge is -2.20. The Kier molecular flexibility index (Phi) is 3.04. The van der Waals surface area contributed by atoms with Gasteiger partial charge in [0, 0.05) is 6.04 Å². The van der Waals surface area contributed by atoms with Gasteiger partial charge in [-0.05, 0) is 45.1 Å². The zero-order chi connectivity index (χ0) is 10.0. The SMILES string of the molecule is Cc1cc(C(C)N(C)C)ccc1F. The van der Waals surface area contributed by atoms with Crippen molar-refractivity contribution >= 4 is 0 Å². The van der Waals surface area contributed by atoms with E-state index in [-0.39, 0.29) is 5.82 Å². The molecule has 0 spiro atoms. The van der Waals surface area contributed by atoms with Crippen LogP contribution < -0.4 is 0 Å². The number of hydrogen-bond donors (Lipinski definition) is 0. The highest BCUT2D eigenvalue weighted by Crippen LogP contribution is 2.19. The summed E-state index contributed by atoms with van der Waals surface area (Å²) in [7, 11) is 4.03. The third-order valence-corrected chi connectivity index (χ3v) is 2.44. The van der Waals surface area contributed by atoms with Crippen LogP contribution in [0.3, 0.4) is 0 Å². The lowest BCUT2D eigenvalue weighted by atomic mass is 10.0. The molecule has 1 atom stereocenters. The summed E-state index contributed by atoms with van der Waals surface area (Å²) in [5, 5.41) is 0. The first kappa shape index (κ1) is 10.2. The van der Waals surface area contributed by atoms with E-state index in [9.17, 15) is 4.39 Å². The average Bonchev–Trinajstić information content (AvgIpc) is 2.08. The molecule has 0 N–H and O–H groups in total. The van der Waals surface area contributed by atoms with E-state index in [0.717, 1.165) is 5.56 Å². The van der Waals surface area contributed by atoms with Gasteiger partial charge < -0.3 is 4.90 Å². The van der Waals surface area contributed by atoms with Crippen molar-refractivity contribution in [2.75, 3.05) is 14.1 Å². The van der Waals surface area contributed by atoms with Crippen molar-refractivity contribution in [2.24, 2.45) is 0 Å². The second-order valence-electron chi connectivity index (χ2n) is 3.65. The van der Waals surface area contributed by atoms with Crippen molar-refractivity contribution in [3.05, 3.63) is 35.1 Å². The number of halogens is 1. The summed E-state index contributed by atoms with van der Waals surface area (Å²) < 4.78 is 12.9.